The SMILES string of the molecule is CCCCC#CC1(OC(=O)OCCCC2(C)c3cc(Br)ccc3-c3ccc(Br)cc32)CCCCC1. The number of benzene rings is 2. The lowest BCUT2D eigenvalue weighted by Crippen LogP contribution is -2.36. The number of carbonyl (C=O) groups is 1. The Morgan fingerprint density at radius 2 is 1.60 bits per heavy atom. The highest BCUT2D eigenvalue weighted by atomic mass is 79.9. The lowest BCUT2D eigenvalue weighted by molar-refractivity contribution is -0.0230. The van der Waals surface area contributed by atoms with Crippen LogP contribution in [0, 0.1) is 11.8 Å². The Labute approximate surface area is 226 Å². The molecule has 5 heteroatoms. The summed E-state index contributed by atoms with van der Waals surface area (Å²) in [7, 11) is 0. The zero-order valence-corrected chi connectivity index (χ0v) is 23.9. The predicted octanol–water partition coefficient (Wildman–Crippen LogP) is 9.33. The van der Waals surface area contributed by atoms with Crippen molar-refractivity contribution in [1.29, 1.82) is 0 Å². The van der Waals surface area contributed by atoms with Crippen molar-refractivity contribution in [1.82, 2.24) is 0 Å². The van der Waals surface area contributed by atoms with Gasteiger partial charge in [0.05, 0.1) is 6.61 Å². The minimum atomic E-state index is -0.670. The van der Waals surface area contributed by atoms with Crippen molar-refractivity contribution < 1.29 is 14.3 Å². The van der Waals surface area contributed by atoms with Crippen LogP contribution in [-0.4, -0.2) is 18.4 Å². The molecule has 0 bridgehead atoms. The quantitative estimate of drug-likeness (QED) is 0.180. The summed E-state index contributed by atoms with van der Waals surface area (Å²) in [4.78, 5) is 12.6. The van der Waals surface area contributed by atoms with Crippen molar-refractivity contribution in [3.63, 3.8) is 0 Å². The highest BCUT2D eigenvalue weighted by Crippen LogP contribution is 2.52. The monoisotopic (exact) mass is 600 g/mol. The van der Waals surface area contributed by atoms with E-state index in [1.165, 1.54) is 28.7 Å². The van der Waals surface area contributed by atoms with Crippen LogP contribution in [0.3, 0.4) is 0 Å². The molecular weight excluding hydrogens is 568 g/mol. The van der Waals surface area contributed by atoms with Crippen LogP contribution in [0.2, 0.25) is 0 Å². The number of hydrogen-bond acceptors (Lipinski definition) is 3. The molecule has 1 fully saturated rings. The zero-order valence-electron chi connectivity index (χ0n) is 20.7. The van der Waals surface area contributed by atoms with Gasteiger partial charge >= 0.3 is 6.16 Å². The van der Waals surface area contributed by atoms with Crippen molar-refractivity contribution in [2.45, 2.75) is 89.1 Å². The second kappa shape index (κ2) is 11.5. The Kier molecular flexibility index (Phi) is 8.66. The second-order valence-corrected chi connectivity index (χ2v) is 11.8. The highest BCUT2D eigenvalue weighted by Gasteiger charge is 2.39. The molecule has 0 aliphatic heterocycles. The number of halogens is 2. The lowest BCUT2D eigenvalue weighted by atomic mass is 9.76. The maximum absolute atomic E-state index is 12.6. The van der Waals surface area contributed by atoms with E-state index in [1.807, 2.05) is 0 Å². The Bertz CT molecular complexity index is 1070. The molecule has 2 aliphatic rings. The molecular formula is C30H34Br2O3. The third-order valence-corrected chi connectivity index (χ3v) is 8.38. The summed E-state index contributed by atoms with van der Waals surface area (Å²) in [5, 5.41) is 0. The molecule has 2 aromatic rings. The fourth-order valence-corrected chi connectivity index (χ4v) is 6.19. The number of fused-ring (bicyclic) bond motifs is 3. The van der Waals surface area contributed by atoms with Crippen molar-refractivity contribution >= 4 is 38.0 Å². The normalized spacial score (nSPS) is 17.0. The van der Waals surface area contributed by atoms with Crippen LogP contribution in [0.4, 0.5) is 4.79 Å². The molecule has 35 heavy (non-hydrogen) atoms. The smallest absolute Gasteiger partial charge is 0.434 e. The van der Waals surface area contributed by atoms with Crippen LogP contribution >= 0.6 is 31.9 Å². The summed E-state index contributed by atoms with van der Waals surface area (Å²) < 4.78 is 13.6. The molecule has 0 heterocycles. The topological polar surface area (TPSA) is 35.5 Å². The predicted molar refractivity (Wildman–Crippen MR) is 149 cm³/mol. The van der Waals surface area contributed by atoms with Gasteiger partial charge in [0.1, 0.15) is 0 Å². The van der Waals surface area contributed by atoms with Gasteiger partial charge in [-0.2, -0.15) is 0 Å². The van der Waals surface area contributed by atoms with Crippen LogP contribution in [0.25, 0.3) is 11.1 Å². The van der Waals surface area contributed by atoms with Crippen LogP contribution in [-0.2, 0) is 14.9 Å². The summed E-state index contributed by atoms with van der Waals surface area (Å²) in [6, 6.07) is 13.0. The number of ether oxygens (including phenoxy) is 2. The van der Waals surface area contributed by atoms with E-state index in [4.69, 9.17) is 9.47 Å². The van der Waals surface area contributed by atoms with Gasteiger partial charge in [0.25, 0.3) is 0 Å². The average Bonchev–Trinajstić information content (AvgIpc) is 3.08. The van der Waals surface area contributed by atoms with Gasteiger partial charge in [-0.25, -0.2) is 4.79 Å². The number of carbonyl (C=O) groups excluding carboxylic acids is 1. The molecule has 186 valence electrons. The molecule has 0 aromatic heterocycles. The molecule has 2 aromatic carbocycles. The van der Waals surface area contributed by atoms with E-state index in [-0.39, 0.29) is 5.41 Å². The summed E-state index contributed by atoms with van der Waals surface area (Å²) in [6.07, 6.45) is 8.93. The standard InChI is InChI=1S/C30H34Br2O3/c1-3-4-5-7-16-30(17-8-6-9-18-30)35-28(33)34-19-10-15-29(2)26-20-22(31)11-13-24(26)25-14-12-23(32)21-27(25)29/h11-14,20-21H,3-6,8-10,15,17-19H2,1-2H3. The molecule has 4 rings (SSSR count). The molecule has 2 aliphatic carbocycles. The van der Waals surface area contributed by atoms with E-state index in [0.717, 1.165) is 66.7 Å². The van der Waals surface area contributed by atoms with Gasteiger partial charge in [-0.1, -0.05) is 82.5 Å². The first-order chi connectivity index (χ1) is 16.9. The summed E-state index contributed by atoms with van der Waals surface area (Å²) >= 11 is 7.30. The van der Waals surface area contributed by atoms with Crippen LogP contribution in [0.15, 0.2) is 45.3 Å². The third-order valence-electron chi connectivity index (χ3n) is 7.39. The molecule has 0 atom stereocenters. The van der Waals surface area contributed by atoms with Gasteiger partial charge in [0.15, 0.2) is 5.60 Å². The number of hydrogen-bond donors (Lipinski definition) is 0. The fraction of sp³-hybridized carbons (Fsp3) is 0.500. The van der Waals surface area contributed by atoms with E-state index in [1.54, 1.807) is 0 Å². The van der Waals surface area contributed by atoms with Gasteiger partial charge in [-0.05, 0) is 91.5 Å². The lowest BCUT2D eigenvalue weighted by Gasteiger charge is -2.31. The van der Waals surface area contributed by atoms with Gasteiger partial charge < -0.3 is 9.47 Å². The summed E-state index contributed by atoms with van der Waals surface area (Å²) in [5.74, 6) is 6.54. The van der Waals surface area contributed by atoms with Crippen molar-refractivity contribution in [2.24, 2.45) is 0 Å². The molecule has 0 unspecified atom stereocenters. The van der Waals surface area contributed by atoms with Gasteiger partial charge in [-0.15, -0.1) is 0 Å². The Hall–Kier alpha value is -1.77. The van der Waals surface area contributed by atoms with Gasteiger partial charge in [0, 0.05) is 20.8 Å². The first-order valence-electron chi connectivity index (χ1n) is 12.8. The molecule has 0 radical (unpaired) electrons. The first-order valence-corrected chi connectivity index (χ1v) is 14.4. The van der Waals surface area contributed by atoms with E-state index in [9.17, 15) is 4.79 Å². The second-order valence-electron chi connectivity index (χ2n) is 9.98. The summed E-state index contributed by atoms with van der Waals surface area (Å²) in [6.45, 7) is 4.78. The van der Waals surface area contributed by atoms with Crippen molar-refractivity contribution in [3.05, 3.63) is 56.5 Å². The van der Waals surface area contributed by atoms with Gasteiger partial charge in [-0.3, -0.25) is 0 Å². The summed E-state index contributed by atoms with van der Waals surface area (Å²) in [5.41, 5.74) is 4.36. The fourth-order valence-electron chi connectivity index (χ4n) is 5.46. The van der Waals surface area contributed by atoms with E-state index in [0.29, 0.717) is 6.61 Å². The van der Waals surface area contributed by atoms with E-state index >= 15 is 0 Å². The molecule has 0 saturated heterocycles. The third kappa shape index (κ3) is 5.97. The minimum absolute atomic E-state index is 0.152. The largest absolute Gasteiger partial charge is 0.509 e. The van der Waals surface area contributed by atoms with Crippen LogP contribution < -0.4 is 0 Å². The Morgan fingerprint density at radius 3 is 2.20 bits per heavy atom. The van der Waals surface area contributed by atoms with E-state index in [2.05, 4.69) is 93.9 Å². The number of rotatable bonds is 7. The average molecular weight is 602 g/mol. The molecule has 0 amide bonds. The zero-order chi connectivity index (χ0) is 24.9. The maximum Gasteiger partial charge on any atom is 0.509 e. The van der Waals surface area contributed by atoms with Gasteiger partial charge in [0.2, 0.25) is 0 Å². The minimum Gasteiger partial charge on any atom is -0.434 e. The Morgan fingerprint density at radius 1 is 0.971 bits per heavy atom. The molecule has 0 N–H and O–H groups in total. The highest BCUT2D eigenvalue weighted by molar-refractivity contribution is 9.10. The molecule has 1 saturated carbocycles. The maximum atomic E-state index is 12.6. The van der Waals surface area contributed by atoms with Crippen LogP contribution in [0.5, 0.6) is 0 Å². The number of unbranched alkanes of at least 4 members (excludes halogenated alkanes) is 2. The van der Waals surface area contributed by atoms with Crippen molar-refractivity contribution in [2.75, 3.05) is 6.61 Å². The van der Waals surface area contributed by atoms with Crippen LogP contribution in [0.1, 0.15) is 89.2 Å². The van der Waals surface area contributed by atoms with Crippen molar-refractivity contribution in [3.8, 4) is 23.0 Å². The molecule has 0 spiro atoms. The molecule has 3 nitrogen and oxygen atoms in total. The van der Waals surface area contributed by atoms with E-state index < -0.39 is 11.8 Å². The Balaban J connectivity index is 1.39. The first kappa shape index (κ1) is 26.3.